The van der Waals surface area contributed by atoms with E-state index in [0.717, 1.165) is 24.1 Å². The lowest BCUT2D eigenvalue weighted by molar-refractivity contribution is 0.0939. The number of nitrogens with one attached hydrogen (secondary N) is 2. The Labute approximate surface area is 120 Å². The molecule has 1 unspecified atom stereocenters. The number of H-pyrrole nitrogens is 1. The molecule has 104 valence electrons. The van der Waals surface area contributed by atoms with Crippen molar-refractivity contribution in [2.45, 2.75) is 31.7 Å². The van der Waals surface area contributed by atoms with Gasteiger partial charge in [0.1, 0.15) is 0 Å². The maximum atomic E-state index is 12.2. The van der Waals surface area contributed by atoms with Crippen molar-refractivity contribution in [2.24, 2.45) is 0 Å². The van der Waals surface area contributed by atoms with Gasteiger partial charge in [0.2, 0.25) is 5.56 Å². The Balaban J connectivity index is 1.78. The molecule has 4 nitrogen and oxygen atoms in total. The molecule has 1 amide bonds. The number of aromatic nitrogens is 1. The van der Waals surface area contributed by atoms with E-state index in [1.165, 1.54) is 6.07 Å². The fourth-order valence-corrected chi connectivity index (χ4v) is 2.95. The lowest BCUT2D eigenvalue weighted by Gasteiger charge is -2.13. The zero-order valence-electron chi connectivity index (χ0n) is 11.2. The molecule has 1 aliphatic carbocycles. The molecule has 0 saturated heterocycles. The number of carbonyl (C=O) groups is 1. The highest BCUT2D eigenvalue weighted by Gasteiger charge is 2.25. The number of hydrogen-bond acceptors (Lipinski definition) is 3. The first-order valence-corrected chi connectivity index (χ1v) is 7.65. The Bertz CT molecular complexity index is 671. The van der Waals surface area contributed by atoms with E-state index in [1.54, 1.807) is 17.4 Å². The van der Waals surface area contributed by atoms with Crippen LogP contribution >= 0.6 is 11.3 Å². The van der Waals surface area contributed by atoms with Gasteiger partial charge < -0.3 is 10.3 Å². The molecule has 3 rings (SSSR count). The predicted molar refractivity (Wildman–Crippen MR) is 79.2 cm³/mol. The molecule has 20 heavy (non-hydrogen) atoms. The van der Waals surface area contributed by atoms with Crippen LogP contribution in [0.2, 0.25) is 0 Å². The normalized spacial score (nSPS) is 15.8. The van der Waals surface area contributed by atoms with Gasteiger partial charge in [-0.15, -0.1) is 0 Å². The van der Waals surface area contributed by atoms with Crippen molar-refractivity contribution < 1.29 is 4.79 Å². The van der Waals surface area contributed by atoms with Crippen LogP contribution in [0.1, 0.15) is 53.3 Å². The van der Waals surface area contributed by atoms with Crippen molar-refractivity contribution in [3.05, 3.63) is 56.1 Å². The summed E-state index contributed by atoms with van der Waals surface area (Å²) < 4.78 is 0. The molecular weight excluding hydrogens is 272 g/mol. The molecule has 1 fully saturated rings. The highest BCUT2D eigenvalue weighted by atomic mass is 32.1. The van der Waals surface area contributed by atoms with E-state index in [1.807, 2.05) is 23.8 Å². The average Bonchev–Trinajstić information content (AvgIpc) is 3.12. The molecule has 2 aromatic rings. The van der Waals surface area contributed by atoms with Crippen molar-refractivity contribution >= 4 is 17.2 Å². The molecule has 0 aliphatic heterocycles. The molecule has 2 aromatic heterocycles. The van der Waals surface area contributed by atoms with Crippen molar-refractivity contribution in [3.63, 3.8) is 0 Å². The fraction of sp³-hybridized carbons (Fsp3) is 0.333. The quantitative estimate of drug-likeness (QED) is 0.908. The van der Waals surface area contributed by atoms with Crippen LogP contribution in [0.5, 0.6) is 0 Å². The van der Waals surface area contributed by atoms with Gasteiger partial charge in [0.05, 0.1) is 6.04 Å². The van der Waals surface area contributed by atoms with Crippen LogP contribution in [0.4, 0.5) is 0 Å². The number of amides is 1. The van der Waals surface area contributed by atoms with Gasteiger partial charge in [-0.1, -0.05) is 0 Å². The SMILES string of the molecule is CC(NC(=O)c1cc(C2CC2)[nH]c(=O)c1)c1ccsc1. The number of carbonyl (C=O) groups excluding carboxylic acids is 1. The van der Waals surface area contributed by atoms with Crippen molar-refractivity contribution in [2.75, 3.05) is 0 Å². The minimum atomic E-state index is -0.206. The van der Waals surface area contributed by atoms with Crippen LogP contribution in [0.3, 0.4) is 0 Å². The van der Waals surface area contributed by atoms with E-state index in [9.17, 15) is 9.59 Å². The molecule has 5 heteroatoms. The Kier molecular flexibility index (Phi) is 3.44. The predicted octanol–water partition coefficient (Wildman–Crippen LogP) is 2.80. The Hall–Kier alpha value is -1.88. The molecule has 1 saturated carbocycles. The summed E-state index contributed by atoms with van der Waals surface area (Å²) in [6.07, 6.45) is 2.18. The molecule has 1 atom stereocenters. The van der Waals surface area contributed by atoms with Gasteiger partial charge in [-0.3, -0.25) is 9.59 Å². The summed E-state index contributed by atoms with van der Waals surface area (Å²) in [5.41, 5.74) is 2.20. The number of rotatable bonds is 4. The topological polar surface area (TPSA) is 62.0 Å². The second-order valence-corrected chi connectivity index (χ2v) is 5.99. The van der Waals surface area contributed by atoms with Crippen LogP contribution in [-0.2, 0) is 0 Å². The Morgan fingerprint density at radius 1 is 1.45 bits per heavy atom. The molecule has 0 radical (unpaired) electrons. The highest BCUT2D eigenvalue weighted by Crippen LogP contribution is 2.38. The van der Waals surface area contributed by atoms with Gasteiger partial charge in [0, 0.05) is 17.3 Å². The second kappa shape index (κ2) is 5.25. The average molecular weight is 288 g/mol. The summed E-state index contributed by atoms with van der Waals surface area (Å²) in [4.78, 5) is 26.7. The van der Waals surface area contributed by atoms with Gasteiger partial charge in [0.15, 0.2) is 0 Å². The lowest BCUT2D eigenvalue weighted by atomic mass is 10.1. The first kappa shape index (κ1) is 13.1. The van der Waals surface area contributed by atoms with Crippen LogP contribution in [0.25, 0.3) is 0 Å². The minimum Gasteiger partial charge on any atom is -0.345 e. The van der Waals surface area contributed by atoms with E-state index in [-0.39, 0.29) is 17.5 Å². The highest BCUT2D eigenvalue weighted by molar-refractivity contribution is 7.07. The summed E-state index contributed by atoms with van der Waals surface area (Å²) in [7, 11) is 0. The minimum absolute atomic E-state index is 0.0580. The summed E-state index contributed by atoms with van der Waals surface area (Å²) in [5.74, 6) is 0.224. The third-order valence-electron chi connectivity index (χ3n) is 3.54. The van der Waals surface area contributed by atoms with Crippen LogP contribution < -0.4 is 10.9 Å². The van der Waals surface area contributed by atoms with Crippen molar-refractivity contribution in [3.8, 4) is 0 Å². The molecule has 1 aliphatic rings. The summed E-state index contributed by atoms with van der Waals surface area (Å²) in [6, 6.07) is 5.09. The number of hydrogen-bond donors (Lipinski definition) is 2. The second-order valence-electron chi connectivity index (χ2n) is 5.21. The summed E-state index contributed by atoms with van der Waals surface area (Å²) in [6.45, 7) is 1.94. The van der Waals surface area contributed by atoms with Gasteiger partial charge >= 0.3 is 0 Å². The Morgan fingerprint density at radius 2 is 2.25 bits per heavy atom. The standard InChI is InChI=1S/C15H16N2O2S/c1-9(11-4-5-20-8-11)16-15(19)12-6-13(10-2-3-10)17-14(18)7-12/h4-10H,2-3H2,1H3,(H,16,19)(H,17,18). The van der Waals surface area contributed by atoms with E-state index in [2.05, 4.69) is 10.3 Å². The summed E-state index contributed by atoms with van der Waals surface area (Å²) in [5, 5.41) is 6.92. The molecule has 0 bridgehead atoms. The molecule has 2 N–H and O–H groups in total. The molecule has 2 heterocycles. The third-order valence-corrected chi connectivity index (χ3v) is 4.24. The van der Waals surface area contributed by atoms with Gasteiger partial charge in [0.25, 0.3) is 5.91 Å². The molecule has 0 spiro atoms. The zero-order chi connectivity index (χ0) is 14.1. The Morgan fingerprint density at radius 3 is 2.90 bits per heavy atom. The van der Waals surface area contributed by atoms with Gasteiger partial charge in [-0.2, -0.15) is 11.3 Å². The van der Waals surface area contributed by atoms with Gasteiger partial charge in [-0.25, -0.2) is 0 Å². The van der Waals surface area contributed by atoms with Crippen molar-refractivity contribution in [1.82, 2.24) is 10.3 Å². The third kappa shape index (κ3) is 2.82. The largest absolute Gasteiger partial charge is 0.345 e. The zero-order valence-corrected chi connectivity index (χ0v) is 12.0. The first-order chi connectivity index (χ1) is 9.63. The van der Waals surface area contributed by atoms with Crippen LogP contribution in [0.15, 0.2) is 33.8 Å². The number of aromatic amines is 1. The van der Waals surface area contributed by atoms with Crippen LogP contribution in [-0.4, -0.2) is 10.9 Å². The smallest absolute Gasteiger partial charge is 0.252 e. The van der Waals surface area contributed by atoms with E-state index in [0.29, 0.717) is 11.5 Å². The molecular formula is C15H16N2O2S. The van der Waals surface area contributed by atoms with E-state index < -0.39 is 0 Å². The summed E-state index contributed by atoms with van der Waals surface area (Å²) >= 11 is 1.60. The fourth-order valence-electron chi connectivity index (χ4n) is 2.19. The first-order valence-electron chi connectivity index (χ1n) is 6.70. The maximum Gasteiger partial charge on any atom is 0.252 e. The number of thiophene rings is 1. The molecule has 0 aromatic carbocycles. The lowest BCUT2D eigenvalue weighted by Crippen LogP contribution is -2.27. The van der Waals surface area contributed by atoms with Crippen LogP contribution in [0, 0.1) is 0 Å². The van der Waals surface area contributed by atoms with Gasteiger partial charge in [-0.05, 0) is 54.1 Å². The number of pyridine rings is 1. The van der Waals surface area contributed by atoms with Crippen molar-refractivity contribution in [1.29, 1.82) is 0 Å². The van der Waals surface area contributed by atoms with E-state index >= 15 is 0 Å². The maximum absolute atomic E-state index is 12.2. The van der Waals surface area contributed by atoms with E-state index in [4.69, 9.17) is 0 Å². The monoisotopic (exact) mass is 288 g/mol.